The summed E-state index contributed by atoms with van der Waals surface area (Å²) in [5.41, 5.74) is 0.721. The Hall–Kier alpha value is -2.75. The molecule has 0 saturated carbocycles. The molecule has 0 bridgehead atoms. The van der Waals surface area contributed by atoms with Crippen LogP contribution in [-0.2, 0) is 10.0 Å². The number of likely N-dealkylation sites (N-methyl/N-ethyl adjacent to an activating group) is 1. The highest BCUT2D eigenvalue weighted by Gasteiger charge is 2.38. The number of carbonyl (C=O) groups excluding carboxylic acids is 1. The van der Waals surface area contributed by atoms with Crippen LogP contribution in [0.4, 0.5) is 4.39 Å². The van der Waals surface area contributed by atoms with E-state index in [4.69, 9.17) is 4.74 Å². The van der Waals surface area contributed by atoms with Gasteiger partial charge in [-0.15, -0.1) is 0 Å². The maximum absolute atomic E-state index is 14.2. The Morgan fingerprint density at radius 2 is 2.03 bits per heavy atom. The maximum atomic E-state index is 14.2. The van der Waals surface area contributed by atoms with Crippen LogP contribution < -0.4 is 4.74 Å². The molecular formula is C25H31FN2O5S. The number of carbonyl (C=O) groups is 1. The molecule has 1 heterocycles. The van der Waals surface area contributed by atoms with Crippen molar-refractivity contribution in [1.82, 2.24) is 9.21 Å². The molecule has 9 heteroatoms. The van der Waals surface area contributed by atoms with Crippen LogP contribution in [0.1, 0.15) is 36.7 Å². The van der Waals surface area contributed by atoms with Gasteiger partial charge in [-0.3, -0.25) is 4.79 Å². The van der Waals surface area contributed by atoms with Crippen LogP contribution in [0, 0.1) is 11.7 Å². The molecule has 3 rings (SSSR count). The number of benzene rings is 2. The van der Waals surface area contributed by atoms with E-state index in [0.29, 0.717) is 0 Å². The number of nitrogens with zero attached hydrogens (tertiary/aromatic N) is 2. The lowest BCUT2D eigenvalue weighted by atomic mass is 10.0. The summed E-state index contributed by atoms with van der Waals surface area (Å²) < 4.78 is 48.6. The fraction of sp³-hybridized carbons (Fsp3) is 0.400. The van der Waals surface area contributed by atoms with E-state index in [2.05, 4.69) is 0 Å². The summed E-state index contributed by atoms with van der Waals surface area (Å²) >= 11 is 0. The van der Waals surface area contributed by atoms with Crippen molar-refractivity contribution in [2.45, 2.75) is 37.8 Å². The van der Waals surface area contributed by atoms with Gasteiger partial charge in [-0.25, -0.2) is 12.8 Å². The monoisotopic (exact) mass is 490 g/mol. The molecule has 0 aliphatic carbocycles. The molecule has 1 N–H and O–H groups in total. The van der Waals surface area contributed by atoms with Crippen molar-refractivity contribution < 1.29 is 27.4 Å². The standard InChI is InChI=1S/C25H31FN2O5S/c1-5-8-19-11-12-24-22(13-19)33-23(17(2)14-28(18(3)16-29)34(24,31)32)15-27(4)25(30)20-9-6-7-10-21(20)26/h5-13,17-18,23,29H,14-16H2,1-4H3/b8-5+/t17-,18+,23+/m0/s1. The number of fused-ring (bicyclic) bond motifs is 1. The van der Waals surface area contributed by atoms with Crippen LogP contribution in [0.25, 0.3) is 6.08 Å². The molecule has 0 fully saturated rings. The third-order valence-electron chi connectivity index (χ3n) is 5.96. The SMILES string of the molecule is C/C=C/c1ccc2c(c1)O[C@H](CN(C)C(=O)c1ccccc1F)[C@@H](C)CN([C@H](C)CO)S2(=O)=O. The van der Waals surface area contributed by atoms with Crippen LogP contribution in [-0.4, -0.2) is 67.5 Å². The van der Waals surface area contributed by atoms with Gasteiger partial charge in [0.25, 0.3) is 5.91 Å². The summed E-state index contributed by atoms with van der Waals surface area (Å²) in [4.78, 5) is 14.3. The summed E-state index contributed by atoms with van der Waals surface area (Å²) in [5.74, 6) is -1.26. The fourth-order valence-electron chi connectivity index (χ4n) is 3.95. The molecule has 2 aromatic carbocycles. The number of halogens is 1. The van der Waals surface area contributed by atoms with Gasteiger partial charge in [-0.2, -0.15) is 4.31 Å². The third kappa shape index (κ3) is 5.32. The average molecular weight is 491 g/mol. The number of amides is 1. The number of aliphatic hydroxyl groups is 1. The zero-order valence-electron chi connectivity index (χ0n) is 19.8. The Kier molecular flexibility index (Phi) is 8.12. The first-order valence-electron chi connectivity index (χ1n) is 11.2. The molecule has 0 radical (unpaired) electrons. The van der Waals surface area contributed by atoms with E-state index in [1.54, 1.807) is 32.2 Å². The van der Waals surface area contributed by atoms with Gasteiger partial charge >= 0.3 is 0 Å². The van der Waals surface area contributed by atoms with E-state index >= 15 is 0 Å². The van der Waals surface area contributed by atoms with Gasteiger partial charge in [0.15, 0.2) is 0 Å². The lowest BCUT2D eigenvalue weighted by molar-refractivity contribution is 0.0560. The molecule has 1 amide bonds. The van der Waals surface area contributed by atoms with Gasteiger partial charge in [0.05, 0.1) is 18.7 Å². The molecule has 1 aliphatic rings. The van der Waals surface area contributed by atoms with Crippen LogP contribution in [0.2, 0.25) is 0 Å². The highest BCUT2D eigenvalue weighted by atomic mass is 32.2. The van der Waals surface area contributed by atoms with Crippen LogP contribution in [0.15, 0.2) is 53.4 Å². The molecule has 1 aliphatic heterocycles. The van der Waals surface area contributed by atoms with Gasteiger partial charge in [-0.05, 0) is 43.7 Å². The summed E-state index contributed by atoms with van der Waals surface area (Å²) in [7, 11) is -2.38. The number of sulfonamides is 1. The van der Waals surface area contributed by atoms with Crippen molar-refractivity contribution in [2.24, 2.45) is 5.92 Å². The minimum absolute atomic E-state index is 0.000960. The largest absolute Gasteiger partial charge is 0.487 e. The van der Waals surface area contributed by atoms with Crippen LogP contribution >= 0.6 is 0 Å². The Bertz CT molecular complexity index is 1170. The second kappa shape index (κ2) is 10.7. The van der Waals surface area contributed by atoms with Crippen molar-refractivity contribution in [3.63, 3.8) is 0 Å². The van der Waals surface area contributed by atoms with E-state index in [1.165, 1.54) is 33.5 Å². The number of hydrogen-bond acceptors (Lipinski definition) is 5. The second-order valence-electron chi connectivity index (χ2n) is 8.61. The van der Waals surface area contributed by atoms with Gasteiger partial charge in [0, 0.05) is 25.6 Å². The number of aliphatic hydroxyl groups excluding tert-OH is 1. The number of allylic oxidation sites excluding steroid dienone is 1. The highest BCUT2D eigenvalue weighted by molar-refractivity contribution is 7.89. The zero-order valence-corrected chi connectivity index (χ0v) is 20.6. The van der Waals surface area contributed by atoms with Gasteiger partial charge in [0.2, 0.25) is 10.0 Å². The maximum Gasteiger partial charge on any atom is 0.256 e. The molecule has 0 saturated heterocycles. The second-order valence-corrected chi connectivity index (χ2v) is 10.5. The van der Waals surface area contributed by atoms with Crippen LogP contribution in [0.5, 0.6) is 5.75 Å². The normalized spacial score (nSPS) is 21.2. The molecule has 34 heavy (non-hydrogen) atoms. The molecule has 7 nitrogen and oxygen atoms in total. The lowest BCUT2D eigenvalue weighted by Gasteiger charge is -2.37. The topological polar surface area (TPSA) is 87.2 Å². The molecular weight excluding hydrogens is 459 g/mol. The third-order valence-corrected chi connectivity index (χ3v) is 7.97. The zero-order chi connectivity index (χ0) is 25.0. The number of ether oxygens (including phenoxy) is 1. The van der Waals surface area contributed by atoms with E-state index in [0.717, 1.165) is 5.56 Å². The number of rotatable bonds is 6. The molecule has 184 valence electrons. The summed E-state index contributed by atoms with van der Waals surface area (Å²) in [6.07, 6.45) is 3.08. The van der Waals surface area contributed by atoms with Crippen molar-refractivity contribution in [2.75, 3.05) is 26.7 Å². The minimum atomic E-state index is -3.94. The van der Waals surface area contributed by atoms with E-state index in [1.807, 2.05) is 26.0 Å². The Morgan fingerprint density at radius 1 is 1.32 bits per heavy atom. The minimum Gasteiger partial charge on any atom is -0.487 e. The van der Waals surface area contributed by atoms with Gasteiger partial charge in [0.1, 0.15) is 22.6 Å². The molecule has 0 aromatic heterocycles. The quantitative estimate of drug-likeness (QED) is 0.671. The molecule has 3 atom stereocenters. The van der Waals surface area contributed by atoms with Gasteiger partial charge in [-0.1, -0.05) is 37.3 Å². The predicted molar refractivity (Wildman–Crippen MR) is 129 cm³/mol. The van der Waals surface area contributed by atoms with Crippen molar-refractivity contribution in [3.8, 4) is 5.75 Å². The van der Waals surface area contributed by atoms with E-state index < -0.39 is 33.9 Å². The molecule has 2 aromatic rings. The Labute approximate surface area is 200 Å². The van der Waals surface area contributed by atoms with Crippen molar-refractivity contribution >= 4 is 22.0 Å². The summed E-state index contributed by atoms with van der Waals surface area (Å²) in [6, 6.07) is 9.96. The first-order valence-corrected chi connectivity index (χ1v) is 12.6. The lowest BCUT2D eigenvalue weighted by Crippen LogP contribution is -2.50. The Balaban J connectivity index is 2.01. The van der Waals surface area contributed by atoms with E-state index in [-0.39, 0.29) is 41.8 Å². The van der Waals surface area contributed by atoms with E-state index in [9.17, 15) is 22.7 Å². The van der Waals surface area contributed by atoms with Crippen LogP contribution in [0.3, 0.4) is 0 Å². The van der Waals surface area contributed by atoms with Crippen molar-refractivity contribution in [1.29, 1.82) is 0 Å². The van der Waals surface area contributed by atoms with Gasteiger partial charge < -0.3 is 14.7 Å². The fourth-order valence-corrected chi connectivity index (χ4v) is 5.78. The summed E-state index contributed by atoms with van der Waals surface area (Å²) in [6.45, 7) is 5.20. The highest BCUT2D eigenvalue weighted by Crippen LogP contribution is 2.34. The predicted octanol–water partition coefficient (Wildman–Crippen LogP) is 3.40. The molecule has 0 spiro atoms. The average Bonchev–Trinajstić information content (AvgIpc) is 2.80. The van der Waals surface area contributed by atoms with Crippen molar-refractivity contribution in [3.05, 3.63) is 65.5 Å². The first-order chi connectivity index (χ1) is 16.1. The first kappa shape index (κ1) is 25.9. The number of hydrogen-bond donors (Lipinski definition) is 1. The Morgan fingerprint density at radius 3 is 2.68 bits per heavy atom. The smallest absolute Gasteiger partial charge is 0.256 e. The molecule has 0 unspecified atom stereocenters. The summed E-state index contributed by atoms with van der Waals surface area (Å²) in [5, 5.41) is 9.73.